The van der Waals surface area contributed by atoms with E-state index in [2.05, 4.69) is 41.3 Å². The summed E-state index contributed by atoms with van der Waals surface area (Å²) in [5, 5.41) is 15.0. The van der Waals surface area contributed by atoms with Crippen LogP contribution in [0, 0.1) is 6.92 Å². The molecule has 2 N–H and O–H groups in total. The van der Waals surface area contributed by atoms with E-state index in [4.69, 9.17) is 0 Å². The number of thioether (sulfide) groups is 1. The summed E-state index contributed by atoms with van der Waals surface area (Å²) < 4.78 is 1.87. The number of aryl methyl sites for hydroxylation is 1. The molecule has 0 saturated heterocycles. The summed E-state index contributed by atoms with van der Waals surface area (Å²) in [6, 6.07) is 14.9. The van der Waals surface area contributed by atoms with Crippen LogP contribution in [0.25, 0.3) is 0 Å². The molecular formula is C26H31N5O2S. The Morgan fingerprint density at radius 3 is 2.44 bits per heavy atom. The summed E-state index contributed by atoms with van der Waals surface area (Å²) >= 11 is 1.30. The van der Waals surface area contributed by atoms with Crippen molar-refractivity contribution in [3.63, 3.8) is 0 Å². The highest BCUT2D eigenvalue weighted by atomic mass is 32.2. The smallest absolute Gasteiger partial charge is 0.252 e. The fourth-order valence-corrected chi connectivity index (χ4v) is 4.23. The third-order valence-corrected chi connectivity index (χ3v) is 6.34. The molecule has 3 rings (SSSR count). The second-order valence-corrected chi connectivity index (χ2v) is 9.31. The SMILES string of the molecule is C=CCn1c(SCC(=O)Nc2ccc(C(C)C)cc2)nnc1[C@H](C)NC(=O)c1ccccc1C. The minimum Gasteiger partial charge on any atom is -0.342 e. The van der Waals surface area contributed by atoms with Gasteiger partial charge in [-0.15, -0.1) is 16.8 Å². The number of carbonyl (C=O) groups excluding carboxylic acids is 2. The summed E-state index contributed by atoms with van der Waals surface area (Å²) in [5.41, 5.74) is 3.51. The molecule has 0 radical (unpaired) electrons. The highest BCUT2D eigenvalue weighted by Crippen LogP contribution is 2.22. The summed E-state index contributed by atoms with van der Waals surface area (Å²) in [5.74, 6) is 0.933. The maximum absolute atomic E-state index is 12.7. The summed E-state index contributed by atoms with van der Waals surface area (Å²) in [6.45, 7) is 12.3. The Morgan fingerprint density at radius 2 is 1.79 bits per heavy atom. The molecule has 34 heavy (non-hydrogen) atoms. The molecule has 0 aliphatic carbocycles. The molecule has 0 bridgehead atoms. The molecule has 0 saturated carbocycles. The van der Waals surface area contributed by atoms with Gasteiger partial charge in [0, 0.05) is 17.8 Å². The molecule has 3 aromatic rings. The van der Waals surface area contributed by atoms with E-state index in [0.717, 1.165) is 11.3 Å². The molecule has 178 valence electrons. The quantitative estimate of drug-likeness (QED) is 0.313. The molecule has 2 amide bonds. The first kappa shape index (κ1) is 25.2. The van der Waals surface area contributed by atoms with Gasteiger partial charge >= 0.3 is 0 Å². The van der Waals surface area contributed by atoms with Crippen LogP contribution < -0.4 is 10.6 Å². The van der Waals surface area contributed by atoms with Crippen LogP contribution in [0.1, 0.15) is 60.0 Å². The van der Waals surface area contributed by atoms with E-state index in [0.29, 0.717) is 29.0 Å². The van der Waals surface area contributed by atoms with Crippen molar-refractivity contribution in [2.75, 3.05) is 11.1 Å². The Labute approximate surface area is 205 Å². The van der Waals surface area contributed by atoms with Gasteiger partial charge in [0.15, 0.2) is 11.0 Å². The maximum Gasteiger partial charge on any atom is 0.252 e. The van der Waals surface area contributed by atoms with Crippen molar-refractivity contribution in [3.8, 4) is 0 Å². The van der Waals surface area contributed by atoms with Crippen molar-refractivity contribution < 1.29 is 9.59 Å². The molecule has 0 fully saturated rings. The zero-order valence-corrected chi connectivity index (χ0v) is 20.9. The van der Waals surface area contributed by atoms with E-state index in [-0.39, 0.29) is 23.6 Å². The predicted molar refractivity (Wildman–Crippen MR) is 137 cm³/mol. The summed E-state index contributed by atoms with van der Waals surface area (Å²) in [7, 11) is 0. The molecular weight excluding hydrogens is 446 g/mol. The van der Waals surface area contributed by atoms with E-state index in [1.807, 2.05) is 60.9 Å². The average Bonchev–Trinajstić information content (AvgIpc) is 3.21. The molecule has 2 aromatic carbocycles. The van der Waals surface area contributed by atoms with Crippen LogP contribution in [0.5, 0.6) is 0 Å². The number of nitrogens with one attached hydrogen (secondary N) is 2. The lowest BCUT2D eigenvalue weighted by atomic mass is 10.0. The maximum atomic E-state index is 12.7. The van der Waals surface area contributed by atoms with Gasteiger partial charge in [0.25, 0.3) is 5.91 Å². The number of rotatable bonds is 10. The number of allylic oxidation sites excluding steroid dienone is 1. The highest BCUT2D eigenvalue weighted by Gasteiger charge is 2.21. The van der Waals surface area contributed by atoms with Crippen LogP contribution >= 0.6 is 11.8 Å². The van der Waals surface area contributed by atoms with Crippen molar-refractivity contribution in [2.24, 2.45) is 0 Å². The lowest BCUT2D eigenvalue weighted by molar-refractivity contribution is -0.113. The molecule has 0 spiro atoms. The predicted octanol–water partition coefficient (Wildman–Crippen LogP) is 5.12. The second kappa shape index (κ2) is 11.7. The van der Waals surface area contributed by atoms with Gasteiger partial charge in [-0.3, -0.25) is 9.59 Å². The van der Waals surface area contributed by atoms with Crippen LogP contribution in [0.4, 0.5) is 5.69 Å². The average molecular weight is 478 g/mol. The molecule has 1 aromatic heterocycles. The largest absolute Gasteiger partial charge is 0.342 e. The van der Waals surface area contributed by atoms with Gasteiger partial charge in [0.2, 0.25) is 5.91 Å². The van der Waals surface area contributed by atoms with Crippen molar-refractivity contribution in [3.05, 3.63) is 83.7 Å². The Kier molecular flexibility index (Phi) is 8.65. The van der Waals surface area contributed by atoms with Gasteiger partial charge in [-0.25, -0.2) is 0 Å². The molecule has 1 heterocycles. The number of amides is 2. The normalized spacial score (nSPS) is 11.8. The Morgan fingerprint density at radius 1 is 1.09 bits per heavy atom. The Bertz CT molecular complexity index is 1150. The lowest BCUT2D eigenvalue weighted by Crippen LogP contribution is -2.29. The highest BCUT2D eigenvalue weighted by molar-refractivity contribution is 7.99. The van der Waals surface area contributed by atoms with E-state index in [1.165, 1.54) is 17.3 Å². The van der Waals surface area contributed by atoms with Crippen molar-refractivity contribution in [1.29, 1.82) is 0 Å². The van der Waals surface area contributed by atoms with Crippen LogP contribution in [-0.4, -0.2) is 32.3 Å². The van der Waals surface area contributed by atoms with Gasteiger partial charge in [-0.2, -0.15) is 0 Å². The van der Waals surface area contributed by atoms with Gasteiger partial charge in [0.1, 0.15) is 0 Å². The third-order valence-electron chi connectivity index (χ3n) is 5.38. The number of nitrogens with zero attached hydrogens (tertiary/aromatic N) is 3. The third kappa shape index (κ3) is 6.35. The first-order valence-electron chi connectivity index (χ1n) is 11.2. The monoisotopic (exact) mass is 477 g/mol. The number of anilines is 1. The Balaban J connectivity index is 1.64. The summed E-state index contributed by atoms with van der Waals surface area (Å²) in [6.07, 6.45) is 1.74. The van der Waals surface area contributed by atoms with E-state index < -0.39 is 0 Å². The number of benzene rings is 2. The number of carbonyl (C=O) groups is 2. The van der Waals surface area contributed by atoms with Crippen LogP contribution in [0.2, 0.25) is 0 Å². The molecule has 0 unspecified atom stereocenters. The van der Waals surface area contributed by atoms with Crippen molar-refractivity contribution >= 4 is 29.3 Å². The van der Waals surface area contributed by atoms with Crippen LogP contribution in [-0.2, 0) is 11.3 Å². The second-order valence-electron chi connectivity index (χ2n) is 8.36. The van der Waals surface area contributed by atoms with Gasteiger partial charge < -0.3 is 15.2 Å². The molecule has 0 aliphatic heterocycles. The number of hydrogen-bond donors (Lipinski definition) is 2. The Hall–Kier alpha value is -3.39. The number of hydrogen-bond acceptors (Lipinski definition) is 5. The molecule has 0 aliphatic rings. The van der Waals surface area contributed by atoms with Crippen LogP contribution in [0.15, 0.2) is 66.3 Å². The van der Waals surface area contributed by atoms with E-state index in [9.17, 15) is 9.59 Å². The standard InChI is InChI=1S/C26H31N5O2S/c1-6-15-31-24(19(5)27-25(33)22-10-8-7-9-18(22)4)29-30-26(31)34-16-23(32)28-21-13-11-20(12-14-21)17(2)3/h6-14,17,19H,1,15-16H2,2-5H3,(H,27,33)(H,28,32)/t19-/m0/s1. The van der Waals surface area contributed by atoms with Crippen molar-refractivity contribution in [2.45, 2.75) is 51.4 Å². The molecule has 8 heteroatoms. The fraction of sp³-hybridized carbons (Fsp3) is 0.308. The first-order chi connectivity index (χ1) is 16.3. The van der Waals surface area contributed by atoms with E-state index in [1.54, 1.807) is 12.1 Å². The van der Waals surface area contributed by atoms with Crippen molar-refractivity contribution in [1.82, 2.24) is 20.1 Å². The molecule has 7 nitrogen and oxygen atoms in total. The number of aromatic nitrogens is 3. The zero-order chi connectivity index (χ0) is 24.7. The lowest BCUT2D eigenvalue weighted by Gasteiger charge is -2.16. The van der Waals surface area contributed by atoms with Gasteiger partial charge in [-0.1, -0.05) is 62.0 Å². The summed E-state index contributed by atoms with van der Waals surface area (Å²) in [4.78, 5) is 25.2. The minimum absolute atomic E-state index is 0.127. The fourth-order valence-electron chi connectivity index (χ4n) is 3.47. The van der Waals surface area contributed by atoms with E-state index >= 15 is 0 Å². The molecule has 1 atom stereocenters. The van der Waals surface area contributed by atoms with Crippen LogP contribution in [0.3, 0.4) is 0 Å². The zero-order valence-electron chi connectivity index (χ0n) is 20.0. The minimum atomic E-state index is -0.373. The first-order valence-corrected chi connectivity index (χ1v) is 12.2. The topological polar surface area (TPSA) is 88.9 Å². The van der Waals surface area contributed by atoms with Gasteiger partial charge in [-0.05, 0) is 49.1 Å². The van der Waals surface area contributed by atoms with Gasteiger partial charge in [0.05, 0.1) is 11.8 Å².